The molecule has 0 unspecified atom stereocenters. The lowest BCUT2D eigenvalue weighted by molar-refractivity contribution is 0.0585. The summed E-state index contributed by atoms with van der Waals surface area (Å²) in [4.78, 5) is 15.5. The van der Waals surface area contributed by atoms with Crippen LogP contribution in [0.4, 0.5) is 0 Å². The summed E-state index contributed by atoms with van der Waals surface area (Å²) in [7, 11) is -1.76. The first kappa shape index (κ1) is 19.7. The molecule has 148 valence electrons. The van der Waals surface area contributed by atoms with Crippen molar-refractivity contribution >= 4 is 26.8 Å². The van der Waals surface area contributed by atoms with E-state index in [-0.39, 0.29) is 25.0 Å². The molecule has 0 bridgehead atoms. The highest BCUT2D eigenvalue weighted by Gasteiger charge is 2.28. The summed E-state index contributed by atoms with van der Waals surface area (Å²) >= 11 is 0. The second-order valence-electron chi connectivity index (χ2n) is 6.61. The third-order valence-corrected chi connectivity index (χ3v) is 6.05. The van der Waals surface area contributed by atoms with E-state index >= 15 is 0 Å². The van der Waals surface area contributed by atoms with Gasteiger partial charge < -0.3 is 19.8 Å². The Hall–Kier alpha value is -2.10. The van der Waals surface area contributed by atoms with E-state index in [2.05, 4.69) is 10.3 Å². The number of nitrogens with zero attached hydrogens (tertiary/aromatic N) is 1. The summed E-state index contributed by atoms with van der Waals surface area (Å²) in [6.07, 6.45) is 2.55. The Kier molecular flexibility index (Phi) is 6.03. The standard InChI is InChI=1S/C18H25N3O5S/c1-25-15-4-3-13-11-17(20-16(13)12-15)18(22)19-7-8-21(27(2,23)24)14-5-9-26-10-6-14/h3-4,11-12,14,20H,5-10H2,1-2H3,(H,19,22). The predicted molar refractivity (Wildman–Crippen MR) is 103 cm³/mol. The third kappa shape index (κ3) is 4.79. The van der Waals surface area contributed by atoms with Gasteiger partial charge in [-0.1, -0.05) is 0 Å². The number of rotatable bonds is 7. The second-order valence-corrected chi connectivity index (χ2v) is 8.54. The Morgan fingerprint density at radius 1 is 1.33 bits per heavy atom. The van der Waals surface area contributed by atoms with Crippen molar-refractivity contribution in [2.45, 2.75) is 18.9 Å². The van der Waals surface area contributed by atoms with Crippen LogP contribution in [0.15, 0.2) is 24.3 Å². The molecule has 3 rings (SSSR count). The van der Waals surface area contributed by atoms with Gasteiger partial charge in [-0.3, -0.25) is 4.79 Å². The molecule has 1 fully saturated rings. The van der Waals surface area contributed by atoms with Gasteiger partial charge in [-0.2, -0.15) is 4.31 Å². The van der Waals surface area contributed by atoms with Crippen LogP contribution in [0.25, 0.3) is 10.9 Å². The fourth-order valence-corrected chi connectivity index (χ4v) is 4.50. The Bertz CT molecular complexity index is 903. The van der Waals surface area contributed by atoms with Crippen molar-refractivity contribution in [3.8, 4) is 5.75 Å². The first-order valence-electron chi connectivity index (χ1n) is 8.88. The van der Waals surface area contributed by atoms with Gasteiger partial charge in [0.25, 0.3) is 5.91 Å². The molecule has 9 heteroatoms. The average molecular weight is 395 g/mol. The first-order chi connectivity index (χ1) is 12.9. The molecule has 1 aliphatic rings. The van der Waals surface area contributed by atoms with Gasteiger partial charge >= 0.3 is 0 Å². The number of carbonyl (C=O) groups excluding carboxylic acids is 1. The summed E-state index contributed by atoms with van der Waals surface area (Å²) in [6.45, 7) is 1.59. The molecule has 1 aliphatic heterocycles. The molecule has 2 aromatic rings. The number of aromatic nitrogens is 1. The van der Waals surface area contributed by atoms with Crippen molar-refractivity contribution in [2.75, 3.05) is 39.7 Å². The molecule has 1 amide bonds. The fraction of sp³-hybridized carbons (Fsp3) is 0.500. The monoisotopic (exact) mass is 395 g/mol. The number of nitrogens with one attached hydrogen (secondary N) is 2. The molecule has 8 nitrogen and oxygen atoms in total. The maximum absolute atomic E-state index is 12.4. The lowest BCUT2D eigenvalue weighted by Crippen LogP contribution is -2.46. The van der Waals surface area contributed by atoms with E-state index in [4.69, 9.17) is 9.47 Å². The van der Waals surface area contributed by atoms with Crippen LogP contribution in [-0.4, -0.2) is 69.3 Å². The van der Waals surface area contributed by atoms with Crippen LogP contribution in [0.2, 0.25) is 0 Å². The van der Waals surface area contributed by atoms with Crippen molar-refractivity contribution in [1.29, 1.82) is 0 Å². The molecule has 1 aromatic heterocycles. The fourth-order valence-electron chi connectivity index (χ4n) is 3.32. The van der Waals surface area contributed by atoms with Gasteiger partial charge in [0, 0.05) is 49.3 Å². The zero-order valence-electron chi connectivity index (χ0n) is 15.5. The normalized spacial score (nSPS) is 16.0. The number of hydrogen-bond donors (Lipinski definition) is 2. The van der Waals surface area contributed by atoms with Gasteiger partial charge in [0.2, 0.25) is 10.0 Å². The predicted octanol–water partition coefficient (Wildman–Crippen LogP) is 1.35. The Labute approximate surface area is 158 Å². The molecule has 2 heterocycles. The largest absolute Gasteiger partial charge is 0.497 e. The van der Waals surface area contributed by atoms with Gasteiger partial charge in [0.1, 0.15) is 11.4 Å². The lowest BCUT2D eigenvalue weighted by Gasteiger charge is -2.32. The Morgan fingerprint density at radius 3 is 2.74 bits per heavy atom. The molecule has 0 spiro atoms. The molecule has 0 radical (unpaired) electrons. The topological polar surface area (TPSA) is 101 Å². The Morgan fingerprint density at radius 2 is 2.07 bits per heavy atom. The maximum Gasteiger partial charge on any atom is 0.267 e. The van der Waals surface area contributed by atoms with Crippen molar-refractivity contribution in [1.82, 2.24) is 14.6 Å². The average Bonchev–Trinajstić information content (AvgIpc) is 3.08. The summed E-state index contributed by atoms with van der Waals surface area (Å²) in [6, 6.07) is 7.21. The minimum Gasteiger partial charge on any atom is -0.497 e. The number of H-pyrrole nitrogens is 1. The van der Waals surface area contributed by atoms with Crippen LogP contribution in [0.3, 0.4) is 0 Å². The van der Waals surface area contributed by atoms with E-state index in [0.717, 1.165) is 10.9 Å². The van der Waals surface area contributed by atoms with Gasteiger partial charge in [0.15, 0.2) is 0 Å². The van der Waals surface area contributed by atoms with Gasteiger partial charge in [-0.15, -0.1) is 0 Å². The number of carbonyl (C=O) groups is 1. The van der Waals surface area contributed by atoms with Gasteiger partial charge in [-0.05, 0) is 31.0 Å². The van der Waals surface area contributed by atoms with Crippen LogP contribution < -0.4 is 10.1 Å². The van der Waals surface area contributed by atoms with Crippen molar-refractivity contribution < 1.29 is 22.7 Å². The highest BCUT2D eigenvalue weighted by Crippen LogP contribution is 2.21. The SMILES string of the molecule is COc1ccc2cc(C(=O)NCCN(C3CCOCC3)S(C)(=O)=O)[nH]c2c1. The van der Waals surface area contributed by atoms with Crippen LogP contribution in [0.1, 0.15) is 23.3 Å². The number of aromatic amines is 1. The summed E-state index contributed by atoms with van der Waals surface area (Å²) < 4.78 is 36.2. The molecule has 2 N–H and O–H groups in total. The molecule has 0 atom stereocenters. The van der Waals surface area contributed by atoms with Gasteiger partial charge in [0.05, 0.1) is 13.4 Å². The molecule has 0 saturated carbocycles. The number of amides is 1. The van der Waals surface area contributed by atoms with Crippen LogP contribution >= 0.6 is 0 Å². The molecular weight excluding hydrogens is 370 g/mol. The zero-order valence-corrected chi connectivity index (χ0v) is 16.3. The number of sulfonamides is 1. The lowest BCUT2D eigenvalue weighted by atomic mass is 10.1. The smallest absolute Gasteiger partial charge is 0.267 e. The zero-order chi connectivity index (χ0) is 19.4. The van der Waals surface area contributed by atoms with Crippen molar-refractivity contribution in [2.24, 2.45) is 0 Å². The number of methoxy groups -OCH3 is 1. The number of ether oxygens (including phenoxy) is 2. The van der Waals surface area contributed by atoms with Crippen LogP contribution in [-0.2, 0) is 14.8 Å². The minimum absolute atomic E-state index is 0.0776. The molecule has 1 saturated heterocycles. The highest BCUT2D eigenvalue weighted by atomic mass is 32.2. The number of hydrogen-bond acceptors (Lipinski definition) is 5. The molecule has 0 aliphatic carbocycles. The number of benzene rings is 1. The van der Waals surface area contributed by atoms with E-state index in [9.17, 15) is 13.2 Å². The number of fused-ring (bicyclic) bond motifs is 1. The first-order valence-corrected chi connectivity index (χ1v) is 10.7. The summed E-state index contributed by atoms with van der Waals surface area (Å²) in [5, 5.41) is 3.70. The third-order valence-electron chi connectivity index (χ3n) is 4.72. The van der Waals surface area contributed by atoms with Crippen molar-refractivity contribution in [3.63, 3.8) is 0 Å². The molecule has 27 heavy (non-hydrogen) atoms. The van der Waals surface area contributed by atoms with E-state index in [1.54, 1.807) is 13.2 Å². The van der Waals surface area contributed by atoms with Crippen LogP contribution in [0.5, 0.6) is 5.75 Å². The van der Waals surface area contributed by atoms with E-state index in [0.29, 0.717) is 37.5 Å². The maximum atomic E-state index is 12.4. The van der Waals surface area contributed by atoms with E-state index in [1.807, 2.05) is 18.2 Å². The quantitative estimate of drug-likeness (QED) is 0.737. The summed E-state index contributed by atoms with van der Waals surface area (Å²) in [5.74, 6) is 0.433. The molecular formula is C18H25N3O5S. The summed E-state index contributed by atoms with van der Waals surface area (Å²) in [5.41, 5.74) is 1.23. The van der Waals surface area contributed by atoms with E-state index < -0.39 is 10.0 Å². The second kappa shape index (κ2) is 8.28. The molecule has 1 aromatic carbocycles. The Balaban J connectivity index is 1.62. The van der Waals surface area contributed by atoms with Gasteiger partial charge in [-0.25, -0.2) is 8.42 Å². The van der Waals surface area contributed by atoms with E-state index in [1.165, 1.54) is 10.6 Å². The minimum atomic E-state index is -3.35. The van der Waals surface area contributed by atoms with Crippen molar-refractivity contribution in [3.05, 3.63) is 30.0 Å². The highest BCUT2D eigenvalue weighted by molar-refractivity contribution is 7.88. The van der Waals surface area contributed by atoms with Crippen LogP contribution in [0, 0.1) is 0 Å².